The van der Waals surface area contributed by atoms with Crippen molar-refractivity contribution in [1.82, 2.24) is 9.62 Å². The summed E-state index contributed by atoms with van der Waals surface area (Å²) in [5.74, 6) is 2.17. The van der Waals surface area contributed by atoms with Crippen molar-refractivity contribution in [2.75, 3.05) is 18.4 Å². The average Bonchev–Trinajstić information content (AvgIpc) is 2.74. The Hall–Kier alpha value is -1.51. The van der Waals surface area contributed by atoms with E-state index in [0.29, 0.717) is 41.4 Å². The van der Waals surface area contributed by atoms with E-state index in [1.54, 1.807) is 28.6 Å². The zero-order chi connectivity index (χ0) is 21.6. The van der Waals surface area contributed by atoms with Crippen LogP contribution < -0.4 is 10.6 Å². The fraction of sp³-hybridized carbons (Fsp3) is 0.652. The minimum atomic E-state index is -3.45. The molecule has 0 spiro atoms. The van der Waals surface area contributed by atoms with Gasteiger partial charge in [0, 0.05) is 18.8 Å². The van der Waals surface area contributed by atoms with Crippen LogP contribution >= 0.6 is 12.2 Å². The summed E-state index contributed by atoms with van der Waals surface area (Å²) in [6.07, 6.45) is 9.78. The Morgan fingerprint density at radius 3 is 2.03 bits per heavy atom. The Balaban J connectivity index is 1.20. The van der Waals surface area contributed by atoms with Crippen LogP contribution in [0.4, 0.5) is 5.69 Å². The van der Waals surface area contributed by atoms with E-state index in [9.17, 15) is 13.2 Å². The number of nitrogens with zero attached hydrogens (tertiary/aromatic N) is 1. The van der Waals surface area contributed by atoms with Gasteiger partial charge in [0.1, 0.15) is 0 Å². The largest absolute Gasteiger partial charge is 0.332 e. The predicted molar refractivity (Wildman–Crippen MR) is 124 cm³/mol. The fourth-order valence-electron chi connectivity index (χ4n) is 6.75. The second kappa shape index (κ2) is 8.12. The van der Waals surface area contributed by atoms with Crippen molar-refractivity contribution in [2.45, 2.75) is 62.7 Å². The quantitative estimate of drug-likeness (QED) is 0.665. The van der Waals surface area contributed by atoms with Crippen molar-refractivity contribution in [3.63, 3.8) is 0 Å². The average molecular weight is 462 g/mol. The summed E-state index contributed by atoms with van der Waals surface area (Å²) in [5, 5.41) is 6.28. The lowest BCUT2D eigenvalue weighted by atomic mass is 9.49. The molecule has 0 unspecified atom stereocenters. The molecule has 8 heteroatoms. The monoisotopic (exact) mass is 461 g/mol. The highest BCUT2D eigenvalue weighted by Gasteiger charge is 2.54. The first-order chi connectivity index (χ1) is 14.8. The lowest BCUT2D eigenvalue weighted by Crippen LogP contribution is -2.55. The molecular weight excluding hydrogens is 430 g/mol. The normalized spacial score (nSPS) is 32.6. The zero-order valence-electron chi connectivity index (χ0n) is 17.8. The summed E-state index contributed by atoms with van der Waals surface area (Å²) in [7, 11) is -3.45. The van der Waals surface area contributed by atoms with Gasteiger partial charge in [-0.3, -0.25) is 4.79 Å². The fourth-order valence-corrected chi connectivity index (χ4v) is 8.48. The van der Waals surface area contributed by atoms with Gasteiger partial charge >= 0.3 is 0 Å². The van der Waals surface area contributed by atoms with Crippen LogP contribution in [0, 0.1) is 23.2 Å². The Kier molecular flexibility index (Phi) is 5.59. The van der Waals surface area contributed by atoms with Crippen molar-refractivity contribution in [2.24, 2.45) is 23.2 Å². The van der Waals surface area contributed by atoms with Crippen LogP contribution in [0.25, 0.3) is 0 Å². The molecule has 1 aromatic carbocycles. The number of piperidine rings is 1. The first-order valence-electron chi connectivity index (χ1n) is 11.6. The van der Waals surface area contributed by atoms with E-state index >= 15 is 0 Å². The highest BCUT2D eigenvalue weighted by molar-refractivity contribution is 7.89. The standard InChI is InChI=1S/C23H31N3O3S2/c27-21(23-13-16-10-17(14-23)12-18(11-16)15-23)25-22(30)24-19-4-6-20(7-5-19)31(28,29)26-8-2-1-3-9-26/h4-7,16-18H,1-3,8-15H2,(H2,24,25,27,30). The van der Waals surface area contributed by atoms with E-state index in [4.69, 9.17) is 12.2 Å². The van der Waals surface area contributed by atoms with Gasteiger partial charge in [0.2, 0.25) is 15.9 Å². The molecule has 31 heavy (non-hydrogen) atoms. The van der Waals surface area contributed by atoms with E-state index < -0.39 is 10.0 Å². The Morgan fingerprint density at radius 1 is 0.935 bits per heavy atom. The highest BCUT2D eigenvalue weighted by Crippen LogP contribution is 2.60. The van der Waals surface area contributed by atoms with Gasteiger partial charge in [-0.1, -0.05) is 6.42 Å². The van der Waals surface area contributed by atoms with E-state index in [-0.39, 0.29) is 16.4 Å². The number of amides is 1. The first-order valence-corrected chi connectivity index (χ1v) is 13.4. The molecule has 1 heterocycles. The molecule has 6 nitrogen and oxygen atoms in total. The smallest absolute Gasteiger partial charge is 0.243 e. The maximum absolute atomic E-state index is 13.1. The highest BCUT2D eigenvalue weighted by atomic mass is 32.2. The number of anilines is 1. The van der Waals surface area contributed by atoms with Crippen LogP contribution in [0.2, 0.25) is 0 Å². The molecule has 168 valence electrons. The van der Waals surface area contributed by atoms with Gasteiger partial charge in [-0.25, -0.2) is 8.42 Å². The van der Waals surface area contributed by atoms with Gasteiger partial charge in [-0.05, 0) is 106 Å². The van der Waals surface area contributed by atoms with Crippen LogP contribution in [0.3, 0.4) is 0 Å². The van der Waals surface area contributed by atoms with E-state index in [2.05, 4.69) is 10.6 Å². The molecule has 1 aromatic rings. The summed E-state index contributed by atoms with van der Waals surface area (Å²) in [5.41, 5.74) is 0.431. The van der Waals surface area contributed by atoms with E-state index in [0.717, 1.165) is 38.5 Å². The Labute approximate surface area is 190 Å². The molecule has 1 amide bonds. The third-order valence-corrected chi connectivity index (χ3v) is 9.93. The number of carbonyl (C=O) groups is 1. The molecule has 0 aromatic heterocycles. The summed E-state index contributed by atoms with van der Waals surface area (Å²) in [6, 6.07) is 6.63. The molecule has 1 aliphatic heterocycles. The summed E-state index contributed by atoms with van der Waals surface area (Å²) < 4.78 is 27.2. The number of hydrogen-bond acceptors (Lipinski definition) is 4. The second-order valence-electron chi connectivity index (χ2n) is 10.1. The number of carbonyl (C=O) groups excluding carboxylic acids is 1. The number of hydrogen-bond donors (Lipinski definition) is 2. The second-order valence-corrected chi connectivity index (χ2v) is 12.4. The zero-order valence-corrected chi connectivity index (χ0v) is 19.4. The molecule has 6 rings (SSSR count). The van der Waals surface area contributed by atoms with Crippen LogP contribution in [-0.2, 0) is 14.8 Å². The number of rotatable bonds is 4. The molecule has 4 aliphatic carbocycles. The minimum absolute atomic E-state index is 0.0633. The van der Waals surface area contributed by atoms with E-state index in [1.165, 1.54) is 19.3 Å². The number of sulfonamides is 1. The first kappa shape index (κ1) is 21.3. The van der Waals surface area contributed by atoms with Crippen LogP contribution in [0.15, 0.2) is 29.2 Å². The topological polar surface area (TPSA) is 78.5 Å². The van der Waals surface area contributed by atoms with Crippen molar-refractivity contribution in [3.8, 4) is 0 Å². The third-order valence-electron chi connectivity index (χ3n) is 7.81. The Morgan fingerprint density at radius 2 is 1.48 bits per heavy atom. The molecule has 0 atom stereocenters. The number of nitrogens with one attached hydrogen (secondary N) is 2. The molecule has 4 bridgehead atoms. The van der Waals surface area contributed by atoms with Crippen LogP contribution in [0.5, 0.6) is 0 Å². The molecule has 5 aliphatic rings. The number of benzene rings is 1. The van der Waals surface area contributed by atoms with Crippen LogP contribution in [-0.4, -0.2) is 36.8 Å². The molecular formula is C23H31N3O3S2. The number of thiocarbonyl (C=S) groups is 1. The molecule has 0 radical (unpaired) electrons. The predicted octanol–water partition coefficient (Wildman–Crippen LogP) is 3.89. The van der Waals surface area contributed by atoms with Gasteiger partial charge < -0.3 is 10.6 Å². The maximum atomic E-state index is 13.1. The molecule has 1 saturated heterocycles. The Bertz CT molecular complexity index is 933. The van der Waals surface area contributed by atoms with Gasteiger partial charge in [-0.2, -0.15) is 4.31 Å². The maximum Gasteiger partial charge on any atom is 0.243 e. The van der Waals surface area contributed by atoms with Gasteiger partial charge in [0.15, 0.2) is 5.11 Å². The van der Waals surface area contributed by atoms with Crippen molar-refractivity contribution >= 4 is 38.9 Å². The summed E-state index contributed by atoms with van der Waals surface area (Å²) >= 11 is 5.41. The lowest BCUT2D eigenvalue weighted by molar-refractivity contribution is -0.144. The van der Waals surface area contributed by atoms with Gasteiger partial charge in [-0.15, -0.1) is 0 Å². The van der Waals surface area contributed by atoms with Crippen LogP contribution in [0.1, 0.15) is 57.8 Å². The minimum Gasteiger partial charge on any atom is -0.332 e. The van der Waals surface area contributed by atoms with Gasteiger partial charge in [0.25, 0.3) is 0 Å². The molecule has 4 saturated carbocycles. The van der Waals surface area contributed by atoms with E-state index in [1.807, 2.05) is 0 Å². The SMILES string of the molecule is O=C(NC(=S)Nc1ccc(S(=O)(=O)N2CCCCC2)cc1)C12CC3CC(CC(C3)C1)C2. The molecule has 5 fully saturated rings. The summed E-state index contributed by atoms with van der Waals surface area (Å²) in [6.45, 7) is 1.17. The van der Waals surface area contributed by atoms with Crippen molar-refractivity contribution in [3.05, 3.63) is 24.3 Å². The van der Waals surface area contributed by atoms with Gasteiger partial charge in [0.05, 0.1) is 10.3 Å². The lowest BCUT2D eigenvalue weighted by Gasteiger charge is -2.55. The molecule has 2 N–H and O–H groups in total. The van der Waals surface area contributed by atoms with Crippen molar-refractivity contribution < 1.29 is 13.2 Å². The van der Waals surface area contributed by atoms with Crippen molar-refractivity contribution in [1.29, 1.82) is 0 Å². The summed E-state index contributed by atoms with van der Waals surface area (Å²) in [4.78, 5) is 13.4. The third kappa shape index (κ3) is 4.14.